The molecule has 3 heteroatoms. The molecule has 0 aliphatic heterocycles. The van der Waals surface area contributed by atoms with Gasteiger partial charge in [-0.1, -0.05) is 30.3 Å². The van der Waals surface area contributed by atoms with Gasteiger partial charge in [0, 0.05) is 5.57 Å². The van der Waals surface area contributed by atoms with Crippen LogP contribution in [0.2, 0.25) is 0 Å². The van der Waals surface area contributed by atoms with E-state index in [0.29, 0.717) is 5.56 Å². The lowest BCUT2D eigenvalue weighted by Crippen LogP contribution is -1.94. The van der Waals surface area contributed by atoms with Crippen LogP contribution in [0.15, 0.2) is 33.9 Å². The molecule has 0 bridgehead atoms. The lowest BCUT2D eigenvalue weighted by molar-refractivity contribution is 0.158. The van der Waals surface area contributed by atoms with Gasteiger partial charge in [-0.2, -0.15) is 8.78 Å². The minimum atomic E-state index is -2.65. The molecule has 0 fully saturated rings. The summed E-state index contributed by atoms with van der Waals surface area (Å²) in [6.45, 7) is 0. The number of hydrogen-bond acceptors (Lipinski definition) is 0. The number of rotatable bonds is 1. The molecule has 0 spiro atoms. The predicted octanol–water partition coefficient (Wildman–Crippen LogP) is 3.48. The molecule has 0 atom stereocenters. The number of allylic oxidation sites excluding steroid dienone is 2. The van der Waals surface area contributed by atoms with E-state index in [1.54, 1.807) is 46.9 Å². The third-order valence-electron chi connectivity index (χ3n) is 1.81. The van der Waals surface area contributed by atoms with Crippen molar-refractivity contribution in [3.05, 3.63) is 39.5 Å². The first-order chi connectivity index (χ1) is 5.64. The zero-order chi connectivity index (χ0) is 8.77. The van der Waals surface area contributed by atoms with E-state index >= 15 is 0 Å². The average molecular weight is 278 g/mol. The minimum Gasteiger partial charge on any atom is -0.195 e. The molecule has 0 N–H and O–H groups in total. The molecular weight excluding hydrogens is 273 g/mol. The van der Waals surface area contributed by atoms with Crippen molar-refractivity contribution in [2.75, 3.05) is 0 Å². The van der Waals surface area contributed by atoms with Gasteiger partial charge in [-0.05, 0) is 28.2 Å². The highest BCUT2D eigenvalue weighted by Gasteiger charge is 2.55. The van der Waals surface area contributed by atoms with E-state index in [9.17, 15) is 8.78 Å². The highest BCUT2D eigenvalue weighted by Crippen LogP contribution is 2.58. The Morgan fingerprint density at radius 3 is 2.00 bits per heavy atom. The van der Waals surface area contributed by atoms with Gasteiger partial charge >= 0.3 is 5.92 Å². The number of hydrogen-bond donors (Lipinski definition) is 0. The van der Waals surface area contributed by atoms with Gasteiger partial charge in [0.15, 0.2) is 0 Å². The van der Waals surface area contributed by atoms with E-state index < -0.39 is 5.92 Å². The Bertz CT molecular complexity index is 341. The fourth-order valence-electron chi connectivity index (χ4n) is 1.12. The molecule has 0 amide bonds. The van der Waals surface area contributed by atoms with E-state index in [-0.39, 0.29) is 9.15 Å². The Morgan fingerprint density at radius 2 is 1.58 bits per heavy atom. The van der Waals surface area contributed by atoms with Crippen LogP contribution in [0.1, 0.15) is 5.56 Å². The third kappa shape index (κ3) is 1.07. The van der Waals surface area contributed by atoms with Crippen LogP contribution in [0, 0.1) is 0 Å². The Morgan fingerprint density at radius 1 is 1.08 bits per heavy atom. The van der Waals surface area contributed by atoms with Crippen molar-refractivity contribution in [3.63, 3.8) is 0 Å². The van der Waals surface area contributed by atoms with Gasteiger partial charge < -0.3 is 0 Å². The molecule has 1 aliphatic carbocycles. The van der Waals surface area contributed by atoms with Crippen LogP contribution in [0.4, 0.5) is 8.78 Å². The maximum absolute atomic E-state index is 12.8. The van der Waals surface area contributed by atoms with Crippen molar-refractivity contribution in [1.29, 1.82) is 0 Å². The van der Waals surface area contributed by atoms with Crippen LogP contribution in [0.25, 0.3) is 5.57 Å². The van der Waals surface area contributed by atoms with E-state index in [1.807, 2.05) is 6.07 Å². The summed E-state index contributed by atoms with van der Waals surface area (Å²) in [6, 6.07) is 8.75. The zero-order valence-corrected chi connectivity index (χ0v) is 8.18. The number of benzene rings is 1. The van der Waals surface area contributed by atoms with Crippen LogP contribution in [-0.2, 0) is 0 Å². The molecule has 0 saturated carbocycles. The zero-order valence-electron chi connectivity index (χ0n) is 6.02. The van der Waals surface area contributed by atoms with Crippen molar-refractivity contribution >= 4 is 28.2 Å². The normalized spacial score (nSPS) is 19.6. The average Bonchev–Trinajstić information content (AvgIpc) is 2.53. The lowest BCUT2D eigenvalue weighted by Gasteiger charge is -1.95. The van der Waals surface area contributed by atoms with E-state index in [1.165, 1.54) is 0 Å². The van der Waals surface area contributed by atoms with Crippen LogP contribution in [-0.4, -0.2) is 5.92 Å². The summed E-state index contributed by atoms with van der Waals surface area (Å²) in [5.74, 6) is -2.65. The van der Waals surface area contributed by atoms with Crippen molar-refractivity contribution in [2.24, 2.45) is 0 Å². The molecule has 12 heavy (non-hydrogen) atoms. The summed E-state index contributed by atoms with van der Waals surface area (Å²) in [6.07, 6.45) is 0. The third-order valence-corrected chi connectivity index (χ3v) is 3.03. The summed E-state index contributed by atoms with van der Waals surface area (Å²) >= 11 is 1.69. The molecule has 62 valence electrons. The quantitative estimate of drug-likeness (QED) is 0.690. The Hall–Kier alpha value is -0.450. The van der Waals surface area contributed by atoms with Crippen molar-refractivity contribution in [3.8, 4) is 0 Å². The Kier molecular flexibility index (Phi) is 1.71. The standard InChI is InChI=1S/C9H5F2I/c10-9(11)7(8(9)12)6-4-2-1-3-5-6/h1-5H. The molecule has 2 rings (SSSR count). The maximum atomic E-state index is 12.8. The van der Waals surface area contributed by atoms with Gasteiger partial charge in [-0.15, -0.1) is 0 Å². The van der Waals surface area contributed by atoms with Crippen LogP contribution in [0.5, 0.6) is 0 Å². The van der Waals surface area contributed by atoms with E-state index in [4.69, 9.17) is 0 Å². The fourth-order valence-corrected chi connectivity index (χ4v) is 1.91. The number of halogens is 3. The molecule has 0 heterocycles. The minimum absolute atomic E-state index is 0.173. The van der Waals surface area contributed by atoms with Gasteiger partial charge in [-0.3, -0.25) is 0 Å². The fraction of sp³-hybridized carbons (Fsp3) is 0.111. The topological polar surface area (TPSA) is 0 Å². The molecule has 1 aromatic rings. The highest BCUT2D eigenvalue weighted by molar-refractivity contribution is 14.1. The van der Waals surface area contributed by atoms with Crippen molar-refractivity contribution in [1.82, 2.24) is 0 Å². The van der Waals surface area contributed by atoms with Gasteiger partial charge in [0.25, 0.3) is 0 Å². The molecule has 0 radical (unpaired) electrons. The van der Waals surface area contributed by atoms with Crippen LogP contribution < -0.4 is 0 Å². The molecular formula is C9H5F2I. The molecule has 0 aromatic heterocycles. The molecule has 0 unspecified atom stereocenters. The molecule has 0 saturated heterocycles. The van der Waals surface area contributed by atoms with Gasteiger partial charge in [-0.25, -0.2) is 0 Å². The van der Waals surface area contributed by atoms with Crippen molar-refractivity contribution < 1.29 is 8.78 Å². The maximum Gasteiger partial charge on any atom is 0.306 e. The molecule has 0 nitrogen and oxygen atoms in total. The summed E-state index contributed by atoms with van der Waals surface area (Å²) in [4.78, 5) is 0. The highest BCUT2D eigenvalue weighted by atomic mass is 127. The van der Waals surface area contributed by atoms with Gasteiger partial charge in [0.1, 0.15) is 0 Å². The lowest BCUT2D eigenvalue weighted by atomic mass is 10.2. The second-order valence-electron chi connectivity index (χ2n) is 2.63. The summed E-state index contributed by atoms with van der Waals surface area (Å²) < 4.78 is 25.8. The summed E-state index contributed by atoms with van der Waals surface area (Å²) in [5.41, 5.74) is 0.815. The predicted molar refractivity (Wildman–Crippen MR) is 52.3 cm³/mol. The number of alkyl halides is 2. The summed E-state index contributed by atoms with van der Waals surface area (Å²) in [5, 5.41) is 0. The van der Waals surface area contributed by atoms with Crippen LogP contribution in [0.3, 0.4) is 0 Å². The van der Waals surface area contributed by atoms with E-state index in [0.717, 1.165) is 0 Å². The largest absolute Gasteiger partial charge is 0.306 e. The summed E-state index contributed by atoms with van der Waals surface area (Å²) in [7, 11) is 0. The SMILES string of the molecule is FC1(F)C(I)=C1c1ccccc1. The Labute approximate surface area is 82.4 Å². The smallest absolute Gasteiger partial charge is 0.195 e. The first kappa shape index (κ1) is 8.16. The Balaban J connectivity index is 2.37. The first-order valence-electron chi connectivity index (χ1n) is 3.48. The van der Waals surface area contributed by atoms with Gasteiger partial charge in [0.05, 0.1) is 3.58 Å². The van der Waals surface area contributed by atoms with Gasteiger partial charge in [0.2, 0.25) is 0 Å². The first-order valence-corrected chi connectivity index (χ1v) is 4.56. The van der Waals surface area contributed by atoms with Crippen molar-refractivity contribution in [2.45, 2.75) is 5.92 Å². The molecule has 1 aromatic carbocycles. The second-order valence-corrected chi connectivity index (χ2v) is 3.71. The van der Waals surface area contributed by atoms with E-state index in [2.05, 4.69) is 0 Å². The van der Waals surface area contributed by atoms with Crippen LogP contribution >= 0.6 is 22.6 Å². The second kappa shape index (κ2) is 2.52. The molecule has 1 aliphatic rings. The monoisotopic (exact) mass is 278 g/mol.